The molecule has 2 rings (SSSR count). The number of hydrogen-bond donors (Lipinski definition) is 2. The largest absolute Gasteiger partial charge is 0.345 e. The fourth-order valence-corrected chi connectivity index (χ4v) is 3.27. The number of nitrogens with one attached hydrogen (secondary N) is 1. The predicted molar refractivity (Wildman–Crippen MR) is 99.0 cm³/mol. The summed E-state index contributed by atoms with van der Waals surface area (Å²) in [6, 6.07) is 14.2. The molecule has 1 unspecified atom stereocenters. The average Bonchev–Trinajstić information content (AvgIpc) is 2.59. The maximum atomic E-state index is 12.1. The molecule has 2 aromatic rings. The van der Waals surface area contributed by atoms with Crippen LogP contribution >= 0.6 is 0 Å². The maximum absolute atomic E-state index is 12.1. The molecule has 0 radical (unpaired) electrons. The second-order valence-electron chi connectivity index (χ2n) is 5.98. The molecule has 0 aliphatic heterocycles. The van der Waals surface area contributed by atoms with Gasteiger partial charge in [-0.2, -0.15) is 0 Å². The molecule has 1 atom stereocenters. The number of hydrogen-bond acceptors (Lipinski definition) is 4. The topological polar surface area (TPSA) is 89.3 Å². The molecule has 0 spiro atoms. The van der Waals surface area contributed by atoms with Crippen LogP contribution in [-0.2, 0) is 21.1 Å². The summed E-state index contributed by atoms with van der Waals surface area (Å²) < 4.78 is 23.7. The van der Waals surface area contributed by atoms with E-state index in [4.69, 9.17) is 5.73 Å². The van der Waals surface area contributed by atoms with Gasteiger partial charge in [0.25, 0.3) is 0 Å². The number of benzene rings is 2. The van der Waals surface area contributed by atoms with Gasteiger partial charge in [-0.05, 0) is 35.2 Å². The minimum absolute atomic E-state index is 0.170. The van der Waals surface area contributed by atoms with Crippen LogP contribution in [0.3, 0.4) is 0 Å². The van der Waals surface area contributed by atoms with Gasteiger partial charge in [0.2, 0.25) is 5.91 Å². The van der Waals surface area contributed by atoms with Crippen LogP contribution in [0.1, 0.15) is 36.1 Å². The fraction of sp³-hybridized carbons (Fsp3) is 0.316. The third kappa shape index (κ3) is 5.14. The number of carbonyl (C=O) groups excluding carboxylic acids is 1. The molecule has 0 fully saturated rings. The molecule has 0 saturated carbocycles. The van der Waals surface area contributed by atoms with Crippen molar-refractivity contribution in [1.82, 2.24) is 5.32 Å². The molecule has 25 heavy (non-hydrogen) atoms. The van der Waals surface area contributed by atoms with E-state index in [0.29, 0.717) is 0 Å². The lowest BCUT2D eigenvalue weighted by Gasteiger charge is -2.21. The van der Waals surface area contributed by atoms with E-state index in [1.807, 2.05) is 30.3 Å². The summed E-state index contributed by atoms with van der Waals surface area (Å²) in [5, 5.41) is 2.95. The van der Waals surface area contributed by atoms with E-state index in [9.17, 15) is 13.2 Å². The Morgan fingerprint density at radius 2 is 1.80 bits per heavy atom. The predicted octanol–water partition coefficient (Wildman–Crippen LogP) is 2.21. The quantitative estimate of drug-likeness (QED) is 0.792. The molecule has 0 aliphatic rings. The van der Waals surface area contributed by atoms with Gasteiger partial charge in [-0.15, -0.1) is 0 Å². The minimum Gasteiger partial charge on any atom is -0.345 e. The van der Waals surface area contributed by atoms with Gasteiger partial charge in [-0.25, -0.2) is 8.42 Å². The third-order valence-corrected chi connectivity index (χ3v) is 5.13. The first-order chi connectivity index (χ1) is 11.8. The number of amides is 1. The van der Waals surface area contributed by atoms with E-state index in [1.54, 1.807) is 18.2 Å². The Kier molecular flexibility index (Phi) is 6.33. The van der Waals surface area contributed by atoms with Crippen LogP contribution in [0, 0.1) is 0 Å². The van der Waals surface area contributed by atoms with Crippen LogP contribution in [-0.4, -0.2) is 27.1 Å². The third-order valence-electron chi connectivity index (χ3n) is 4.02. The fourth-order valence-electron chi connectivity index (χ4n) is 2.59. The lowest BCUT2D eigenvalue weighted by atomic mass is 9.97. The summed E-state index contributed by atoms with van der Waals surface area (Å²) >= 11 is 0. The van der Waals surface area contributed by atoms with Crippen LogP contribution in [0.2, 0.25) is 0 Å². The first kappa shape index (κ1) is 19.1. The molecular formula is C19H24N2O3S. The highest BCUT2D eigenvalue weighted by Gasteiger charge is 2.18. The summed E-state index contributed by atoms with van der Waals surface area (Å²) in [4.78, 5) is 12.3. The Morgan fingerprint density at radius 3 is 2.36 bits per heavy atom. The Morgan fingerprint density at radius 1 is 1.12 bits per heavy atom. The standard InChI is InChI=1S/C19H24N2O3S/c1-3-14-7-9-15(10-8-14)19(21-18(22)11-12-20)16-5-4-6-17(13-16)25(2,23)24/h4-10,13,19H,3,11-12,20H2,1-2H3,(H,21,22). The lowest BCUT2D eigenvalue weighted by molar-refractivity contribution is -0.121. The Bertz CT molecular complexity index is 830. The molecule has 0 aromatic heterocycles. The van der Waals surface area contributed by atoms with Crippen LogP contribution in [0.15, 0.2) is 53.4 Å². The van der Waals surface area contributed by atoms with Gasteiger partial charge >= 0.3 is 0 Å². The van der Waals surface area contributed by atoms with E-state index >= 15 is 0 Å². The zero-order valence-electron chi connectivity index (χ0n) is 14.5. The van der Waals surface area contributed by atoms with E-state index in [2.05, 4.69) is 12.2 Å². The Hall–Kier alpha value is -2.18. The van der Waals surface area contributed by atoms with Crippen molar-refractivity contribution in [2.24, 2.45) is 5.73 Å². The average molecular weight is 360 g/mol. The molecule has 5 nitrogen and oxygen atoms in total. The van der Waals surface area contributed by atoms with Gasteiger partial charge < -0.3 is 11.1 Å². The summed E-state index contributed by atoms with van der Waals surface area (Å²) in [5.74, 6) is -0.170. The lowest BCUT2D eigenvalue weighted by Crippen LogP contribution is -2.30. The van der Waals surface area contributed by atoms with Crippen LogP contribution in [0.5, 0.6) is 0 Å². The SMILES string of the molecule is CCc1ccc(C(NC(=O)CCN)c2cccc(S(C)(=O)=O)c2)cc1. The van der Waals surface area contributed by atoms with E-state index < -0.39 is 15.9 Å². The molecule has 1 amide bonds. The molecule has 0 saturated heterocycles. The summed E-state index contributed by atoms with van der Waals surface area (Å²) in [7, 11) is -3.32. The van der Waals surface area contributed by atoms with Crippen molar-refractivity contribution in [2.75, 3.05) is 12.8 Å². The molecule has 134 valence electrons. The molecule has 0 heterocycles. The summed E-state index contributed by atoms with van der Waals surface area (Å²) in [6.07, 6.45) is 2.31. The second-order valence-corrected chi connectivity index (χ2v) is 7.99. The monoisotopic (exact) mass is 360 g/mol. The highest BCUT2D eigenvalue weighted by atomic mass is 32.2. The van der Waals surface area contributed by atoms with Gasteiger partial charge in [0.15, 0.2) is 9.84 Å². The van der Waals surface area contributed by atoms with Crippen molar-refractivity contribution in [3.8, 4) is 0 Å². The van der Waals surface area contributed by atoms with E-state index in [-0.39, 0.29) is 23.8 Å². The van der Waals surface area contributed by atoms with E-state index in [0.717, 1.165) is 17.5 Å². The highest BCUT2D eigenvalue weighted by Crippen LogP contribution is 2.25. The van der Waals surface area contributed by atoms with Gasteiger partial charge in [0.1, 0.15) is 0 Å². The van der Waals surface area contributed by atoms with Crippen LogP contribution in [0.25, 0.3) is 0 Å². The van der Waals surface area contributed by atoms with E-state index in [1.165, 1.54) is 11.8 Å². The minimum atomic E-state index is -3.32. The second kappa shape index (κ2) is 8.27. The molecule has 6 heteroatoms. The van der Waals surface area contributed by atoms with Crippen molar-refractivity contribution in [3.05, 3.63) is 65.2 Å². The van der Waals surface area contributed by atoms with Crippen molar-refractivity contribution < 1.29 is 13.2 Å². The van der Waals surface area contributed by atoms with Crippen LogP contribution < -0.4 is 11.1 Å². The van der Waals surface area contributed by atoms with Gasteiger partial charge in [0.05, 0.1) is 10.9 Å². The highest BCUT2D eigenvalue weighted by molar-refractivity contribution is 7.90. The Labute approximate surface area is 149 Å². The molecule has 0 bridgehead atoms. The summed E-state index contributed by atoms with van der Waals surface area (Å²) in [5.41, 5.74) is 8.27. The Balaban J connectivity index is 2.45. The van der Waals surface area contributed by atoms with Crippen molar-refractivity contribution in [3.63, 3.8) is 0 Å². The molecule has 0 aliphatic carbocycles. The smallest absolute Gasteiger partial charge is 0.222 e. The van der Waals surface area contributed by atoms with Gasteiger partial charge in [0, 0.05) is 19.2 Å². The zero-order chi connectivity index (χ0) is 18.4. The van der Waals surface area contributed by atoms with Crippen molar-refractivity contribution in [1.29, 1.82) is 0 Å². The number of nitrogens with two attached hydrogens (primary N) is 1. The number of rotatable bonds is 7. The number of aryl methyl sites for hydroxylation is 1. The van der Waals surface area contributed by atoms with Crippen LogP contribution in [0.4, 0.5) is 0 Å². The van der Waals surface area contributed by atoms with Gasteiger partial charge in [-0.3, -0.25) is 4.79 Å². The van der Waals surface area contributed by atoms with Crippen molar-refractivity contribution in [2.45, 2.75) is 30.7 Å². The van der Waals surface area contributed by atoms with Gasteiger partial charge in [-0.1, -0.05) is 43.3 Å². The normalized spacial score (nSPS) is 12.6. The first-order valence-corrected chi connectivity index (χ1v) is 10.1. The summed E-state index contributed by atoms with van der Waals surface area (Å²) in [6.45, 7) is 2.34. The molecular weight excluding hydrogens is 336 g/mol. The number of sulfone groups is 1. The first-order valence-electron chi connectivity index (χ1n) is 8.23. The zero-order valence-corrected chi connectivity index (χ0v) is 15.3. The molecule has 3 N–H and O–H groups in total. The number of carbonyl (C=O) groups is 1. The molecule has 2 aromatic carbocycles. The van der Waals surface area contributed by atoms with Crippen molar-refractivity contribution >= 4 is 15.7 Å². The maximum Gasteiger partial charge on any atom is 0.222 e.